The molecule has 15 heavy (non-hydrogen) atoms. The molecule has 0 aliphatic heterocycles. The molecule has 0 atom stereocenters. The van der Waals surface area contributed by atoms with E-state index in [1.54, 1.807) is 0 Å². The highest BCUT2D eigenvalue weighted by Crippen LogP contribution is 2.33. The van der Waals surface area contributed by atoms with Crippen LogP contribution in [-0.4, -0.2) is 0 Å². The van der Waals surface area contributed by atoms with Gasteiger partial charge in [-0.25, -0.2) is 0 Å². The molecule has 0 saturated carbocycles. The molecule has 0 amide bonds. The number of benzene rings is 1. The van der Waals surface area contributed by atoms with Gasteiger partial charge < -0.3 is 0 Å². The van der Waals surface area contributed by atoms with Gasteiger partial charge in [0.2, 0.25) is 0 Å². The molecule has 0 aliphatic carbocycles. The summed E-state index contributed by atoms with van der Waals surface area (Å²) in [6.45, 7) is 10.6. The molecule has 0 unspecified atom stereocenters. The molecule has 1 aromatic rings. The SMILES string of the molecule is CC(C)c1cccc(CC(C)(C)C)c1[O]. The third-order valence-electron chi connectivity index (χ3n) is 2.47. The molecule has 0 heterocycles. The average molecular weight is 205 g/mol. The Morgan fingerprint density at radius 3 is 2.27 bits per heavy atom. The van der Waals surface area contributed by atoms with Crippen LogP contribution in [0.15, 0.2) is 18.2 Å². The lowest BCUT2D eigenvalue weighted by atomic mass is 9.86. The first-order valence-electron chi connectivity index (χ1n) is 5.60. The lowest BCUT2D eigenvalue weighted by Gasteiger charge is -2.19. The highest BCUT2D eigenvalue weighted by atomic mass is 16.3. The van der Waals surface area contributed by atoms with E-state index in [4.69, 9.17) is 0 Å². The molecule has 1 aromatic carbocycles. The first-order valence-corrected chi connectivity index (χ1v) is 5.60. The standard InChI is InChI=1S/C14H21O/c1-10(2)12-8-6-7-11(13(12)15)9-14(3,4)5/h6-8,10H,9H2,1-5H3. The van der Waals surface area contributed by atoms with Crippen LogP contribution >= 0.6 is 0 Å². The van der Waals surface area contributed by atoms with E-state index in [9.17, 15) is 5.11 Å². The van der Waals surface area contributed by atoms with E-state index in [1.807, 2.05) is 18.2 Å². The van der Waals surface area contributed by atoms with Crippen molar-refractivity contribution in [3.05, 3.63) is 29.3 Å². The predicted molar refractivity (Wildman–Crippen MR) is 63.8 cm³/mol. The minimum atomic E-state index is 0.175. The van der Waals surface area contributed by atoms with Gasteiger partial charge in [0.05, 0.1) is 0 Å². The maximum Gasteiger partial charge on any atom is 0.185 e. The molecule has 0 spiro atoms. The second-order valence-corrected chi connectivity index (χ2v) is 5.73. The molecule has 1 radical (unpaired) electrons. The summed E-state index contributed by atoms with van der Waals surface area (Å²) < 4.78 is 0. The van der Waals surface area contributed by atoms with Crippen LogP contribution in [0.5, 0.6) is 5.75 Å². The lowest BCUT2D eigenvalue weighted by molar-refractivity contribution is 0.330. The van der Waals surface area contributed by atoms with Crippen LogP contribution in [0.25, 0.3) is 0 Å². The first kappa shape index (κ1) is 12.1. The van der Waals surface area contributed by atoms with Crippen molar-refractivity contribution in [1.29, 1.82) is 0 Å². The lowest BCUT2D eigenvalue weighted by Crippen LogP contribution is -2.09. The summed E-state index contributed by atoms with van der Waals surface area (Å²) in [6, 6.07) is 5.90. The predicted octanol–water partition coefficient (Wildman–Crippen LogP) is 4.54. The Hall–Kier alpha value is -0.980. The molecule has 0 saturated heterocycles. The minimum absolute atomic E-state index is 0.175. The van der Waals surface area contributed by atoms with E-state index in [1.165, 1.54) is 0 Å². The van der Waals surface area contributed by atoms with Crippen molar-refractivity contribution < 1.29 is 5.11 Å². The Morgan fingerprint density at radius 2 is 1.80 bits per heavy atom. The fraction of sp³-hybridized carbons (Fsp3) is 0.571. The topological polar surface area (TPSA) is 19.9 Å². The smallest absolute Gasteiger partial charge is 0.185 e. The van der Waals surface area contributed by atoms with Gasteiger partial charge in [0.15, 0.2) is 5.75 Å². The quantitative estimate of drug-likeness (QED) is 0.675. The zero-order valence-corrected chi connectivity index (χ0v) is 10.4. The molecular formula is C14H21O. The minimum Gasteiger partial charge on any atom is -0.289 e. The van der Waals surface area contributed by atoms with Crippen molar-refractivity contribution >= 4 is 0 Å². The van der Waals surface area contributed by atoms with E-state index >= 15 is 0 Å². The summed E-state index contributed by atoms with van der Waals surface area (Å²) in [7, 11) is 0. The summed E-state index contributed by atoms with van der Waals surface area (Å²) in [6.07, 6.45) is 0.854. The Bertz CT molecular complexity index is 332. The highest BCUT2D eigenvalue weighted by Gasteiger charge is 2.17. The van der Waals surface area contributed by atoms with Gasteiger partial charge in [-0.2, -0.15) is 0 Å². The number of hydrogen-bond donors (Lipinski definition) is 0. The third kappa shape index (κ3) is 3.26. The maximum absolute atomic E-state index is 12.1. The van der Waals surface area contributed by atoms with Crippen molar-refractivity contribution in [2.24, 2.45) is 5.41 Å². The third-order valence-corrected chi connectivity index (χ3v) is 2.47. The van der Waals surface area contributed by atoms with Gasteiger partial charge >= 0.3 is 0 Å². The summed E-state index contributed by atoms with van der Waals surface area (Å²) in [5.74, 6) is 0.555. The molecule has 0 aliphatic rings. The van der Waals surface area contributed by atoms with Crippen molar-refractivity contribution in [2.75, 3.05) is 0 Å². The van der Waals surface area contributed by atoms with Gasteiger partial charge in [0.1, 0.15) is 0 Å². The summed E-state index contributed by atoms with van der Waals surface area (Å²) >= 11 is 0. The molecule has 0 N–H and O–H groups in total. The van der Waals surface area contributed by atoms with Gasteiger partial charge in [-0.3, -0.25) is 5.11 Å². The Labute approximate surface area is 93.1 Å². The average Bonchev–Trinajstić information content (AvgIpc) is 2.05. The van der Waals surface area contributed by atoms with Crippen molar-refractivity contribution in [3.8, 4) is 5.75 Å². The fourth-order valence-electron chi connectivity index (χ4n) is 1.77. The van der Waals surface area contributed by atoms with Gasteiger partial charge in [0.25, 0.3) is 0 Å². The van der Waals surface area contributed by atoms with Crippen LogP contribution in [0.2, 0.25) is 0 Å². The van der Waals surface area contributed by atoms with Crippen LogP contribution in [0.3, 0.4) is 0 Å². The maximum atomic E-state index is 12.1. The largest absolute Gasteiger partial charge is 0.289 e. The summed E-state index contributed by atoms with van der Waals surface area (Å²) in [4.78, 5) is 0. The molecule has 0 aromatic heterocycles. The molecular weight excluding hydrogens is 184 g/mol. The van der Waals surface area contributed by atoms with Crippen LogP contribution in [0, 0.1) is 5.41 Å². The van der Waals surface area contributed by atoms with Crippen LogP contribution in [0.4, 0.5) is 0 Å². The normalized spacial score (nSPS) is 12.1. The Kier molecular flexibility index (Phi) is 3.43. The zero-order chi connectivity index (χ0) is 11.6. The molecule has 83 valence electrons. The first-order chi connectivity index (χ1) is 6.81. The zero-order valence-electron chi connectivity index (χ0n) is 10.4. The van der Waals surface area contributed by atoms with Gasteiger partial charge in [0, 0.05) is 11.1 Å². The number of para-hydroxylation sites is 1. The van der Waals surface area contributed by atoms with Crippen molar-refractivity contribution in [1.82, 2.24) is 0 Å². The fourth-order valence-corrected chi connectivity index (χ4v) is 1.77. The van der Waals surface area contributed by atoms with E-state index in [0.717, 1.165) is 17.5 Å². The molecule has 1 heteroatoms. The van der Waals surface area contributed by atoms with E-state index in [-0.39, 0.29) is 11.2 Å². The monoisotopic (exact) mass is 205 g/mol. The Morgan fingerprint density at radius 1 is 1.20 bits per heavy atom. The summed E-state index contributed by atoms with van der Waals surface area (Å²) in [5, 5.41) is 12.1. The molecule has 0 bridgehead atoms. The molecule has 1 nitrogen and oxygen atoms in total. The number of hydrogen-bond acceptors (Lipinski definition) is 0. The summed E-state index contributed by atoms with van der Waals surface area (Å²) in [5.41, 5.74) is 2.07. The van der Waals surface area contributed by atoms with E-state index in [0.29, 0.717) is 5.92 Å². The van der Waals surface area contributed by atoms with E-state index in [2.05, 4.69) is 34.6 Å². The van der Waals surface area contributed by atoms with Gasteiger partial charge in [-0.15, -0.1) is 0 Å². The molecule has 1 rings (SSSR count). The van der Waals surface area contributed by atoms with Crippen LogP contribution in [0.1, 0.15) is 51.7 Å². The van der Waals surface area contributed by atoms with Crippen LogP contribution < -0.4 is 0 Å². The Balaban J connectivity index is 3.05. The van der Waals surface area contributed by atoms with Crippen molar-refractivity contribution in [3.63, 3.8) is 0 Å². The second-order valence-electron chi connectivity index (χ2n) is 5.73. The van der Waals surface area contributed by atoms with Crippen LogP contribution in [-0.2, 0) is 11.5 Å². The second kappa shape index (κ2) is 4.26. The van der Waals surface area contributed by atoms with Gasteiger partial charge in [-0.05, 0) is 17.8 Å². The van der Waals surface area contributed by atoms with Gasteiger partial charge in [-0.1, -0.05) is 52.8 Å². The van der Waals surface area contributed by atoms with E-state index < -0.39 is 0 Å². The molecule has 0 fully saturated rings. The van der Waals surface area contributed by atoms with Crippen molar-refractivity contribution in [2.45, 2.75) is 47.0 Å². The number of rotatable bonds is 2. The highest BCUT2D eigenvalue weighted by molar-refractivity contribution is 5.42.